The molecule has 3 nitrogen and oxygen atoms in total. The van der Waals surface area contributed by atoms with Crippen molar-refractivity contribution in [1.82, 2.24) is 4.98 Å². The van der Waals surface area contributed by atoms with Crippen LogP contribution in [-0.2, 0) is 12.7 Å². The monoisotopic (exact) mass is 481 g/mol. The molecule has 0 aliphatic heterocycles. The molecule has 0 unspecified atom stereocenters. The molecule has 0 saturated heterocycles. The van der Waals surface area contributed by atoms with Gasteiger partial charge in [0, 0.05) is 40.5 Å². The number of para-hydroxylation sites is 1. The Bertz CT molecular complexity index is 1530. The summed E-state index contributed by atoms with van der Waals surface area (Å²) in [6, 6.07) is 30.5. The Labute approximate surface area is 206 Å². The molecule has 5 rings (SSSR count). The zero-order valence-corrected chi connectivity index (χ0v) is 19.0. The second kappa shape index (κ2) is 9.66. The third-order valence-electron chi connectivity index (χ3n) is 5.90. The summed E-state index contributed by atoms with van der Waals surface area (Å²) in [4.78, 5) is 17.6. The number of nitrogens with one attached hydrogen (secondary N) is 1. The fourth-order valence-corrected chi connectivity index (χ4v) is 4.21. The number of hydrogen-bond donors (Lipinski definition) is 1. The normalized spacial score (nSPS) is 11.4. The van der Waals surface area contributed by atoms with Crippen LogP contribution in [0, 0.1) is 6.07 Å². The second-order valence-electron chi connectivity index (χ2n) is 8.29. The van der Waals surface area contributed by atoms with Crippen molar-refractivity contribution in [2.75, 3.05) is 5.32 Å². The minimum Gasteiger partial charge on any atom is -0.381 e. The summed E-state index contributed by atoms with van der Waals surface area (Å²) in [6.07, 6.45) is -3.33. The molecule has 1 radical (unpaired) electrons. The lowest BCUT2D eigenvalue weighted by Crippen LogP contribution is -2.09. The highest BCUT2D eigenvalue weighted by atomic mass is 19.4. The van der Waals surface area contributed by atoms with Crippen LogP contribution >= 0.6 is 0 Å². The van der Waals surface area contributed by atoms with Crippen LogP contribution in [0.15, 0.2) is 103 Å². The van der Waals surface area contributed by atoms with Crippen molar-refractivity contribution < 1.29 is 18.0 Å². The predicted octanol–water partition coefficient (Wildman–Crippen LogP) is 7.56. The number of alkyl halides is 3. The Balaban J connectivity index is 1.67. The van der Waals surface area contributed by atoms with Crippen molar-refractivity contribution in [1.29, 1.82) is 0 Å². The van der Waals surface area contributed by atoms with Gasteiger partial charge >= 0.3 is 6.18 Å². The van der Waals surface area contributed by atoms with Crippen LogP contribution in [0.2, 0.25) is 0 Å². The summed E-state index contributed by atoms with van der Waals surface area (Å²) in [7, 11) is 0. The summed E-state index contributed by atoms with van der Waals surface area (Å²) in [5.41, 5.74) is 2.47. The molecule has 1 N–H and O–H groups in total. The van der Waals surface area contributed by atoms with Gasteiger partial charge in [0.1, 0.15) is 0 Å². The number of hydrogen-bond acceptors (Lipinski definition) is 3. The number of benzene rings is 4. The van der Waals surface area contributed by atoms with Crippen molar-refractivity contribution in [3.63, 3.8) is 0 Å². The zero-order chi connectivity index (χ0) is 25.1. The molecule has 0 spiro atoms. The molecule has 1 heterocycles. The average molecular weight is 481 g/mol. The van der Waals surface area contributed by atoms with E-state index in [0.717, 1.165) is 17.3 Å². The summed E-state index contributed by atoms with van der Waals surface area (Å²) < 4.78 is 41.3. The van der Waals surface area contributed by atoms with Crippen molar-refractivity contribution >= 4 is 22.4 Å². The van der Waals surface area contributed by atoms with Crippen LogP contribution in [-0.4, -0.2) is 10.8 Å². The molecule has 0 aliphatic carbocycles. The lowest BCUT2D eigenvalue weighted by Gasteiger charge is -2.16. The highest BCUT2D eigenvalue weighted by Gasteiger charge is 2.34. The third kappa shape index (κ3) is 4.70. The van der Waals surface area contributed by atoms with E-state index in [1.54, 1.807) is 42.5 Å². The third-order valence-corrected chi connectivity index (χ3v) is 5.90. The van der Waals surface area contributed by atoms with E-state index in [9.17, 15) is 18.0 Å². The smallest absolute Gasteiger partial charge is 0.381 e. The summed E-state index contributed by atoms with van der Waals surface area (Å²) >= 11 is 0. The number of anilines is 1. The molecular weight excluding hydrogens is 461 g/mol. The lowest BCUT2D eigenvalue weighted by molar-refractivity contribution is -0.136. The fourth-order valence-electron chi connectivity index (χ4n) is 4.21. The van der Waals surface area contributed by atoms with E-state index in [0.29, 0.717) is 23.2 Å². The topological polar surface area (TPSA) is 42.0 Å². The number of aromatic nitrogens is 1. The molecule has 0 aliphatic rings. The number of nitrogens with zero attached hydrogens (tertiary/aromatic N) is 1. The maximum atomic E-state index is 13.8. The molecule has 36 heavy (non-hydrogen) atoms. The van der Waals surface area contributed by atoms with Crippen LogP contribution < -0.4 is 5.32 Å². The van der Waals surface area contributed by atoms with Crippen LogP contribution in [0.4, 0.5) is 18.9 Å². The van der Waals surface area contributed by atoms with Gasteiger partial charge in [0.05, 0.1) is 11.1 Å². The number of rotatable bonds is 6. The Kier molecular flexibility index (Phi) is 6.25. The van der Waals surface area contributed by atoms with Gasteiger partial charge < -0.3 is 5.32 Å². The Morgan fingerprint density at radius 2 is 1.72 bits per heavy atom. The molecule has 5 aromatic rings. The predicted molar refractivity (Wildman–Crippen MR) is 135 cm³/mol. The average Bonchev–Trinajstić information content (AvgIpc) is 2.91. The summed E-state index contributed by atoms with van der Waals surface area (Å²) in [6.45, 7) is 0.548. The summed E-state index contributed by atoms with van der Waals surface area (Å²) in [5.74, 6) is -0.310. The molecule has 0 fully saturated rings. The van der Waals surface area contributed by atoms with Gasteiger partial charge in [0.15, 0.2) is 5.78 Å². The van der Waals surface area contributed by atoms with Crippen molar-refractivity contribution in [3.8, 4) is 11.1 Å². The quantitative estimate of drug-likeness (QED) is 0.255. The first-order valence-electron chi connectivity index (χ1n) is 11.3. The van der Waals surface area contributed by atoms with Gasteiger partial charge in [-0.3, -0.25) is 9.78 Å². The van der Waals surface area contributed by atoms with E-state index in [1.807, 2.05) is 42.5 Å². The Morgan fingerprint density at radius 3 is 2.47 bits per heavy atom. The number of fused-ring (bicyclic) bond motifs is 1. The Morgan fingerprint density at radius 1 is 0.917 bits per heavy atom. The van der Waals surface area contributed by atoms with E-state index in [2.05, 4.69) is 16.4 Å². The van der Waals surface area contributed by atoms with Crippen LogP contribution in [0.25, 0.3) is 22.0 Å². The zero-order valence-electron chi connectivity index (χ0n) is 19.0. The highest BCUT2D eigenvalue weighted by Crippen LogP contribution is 2.39. The number of carbonyl (C=O) groups excluding carboxylic acids is 1. The van der Waals surface area contributed by atoms with E-state index in [1.165, 1.54) is 12.3 Å². The van der Waals surface area contributed by atoms with E-state index in [-0.39, 0.29) is 22.2 Å². The van der Waals surface area contributed by atoms with Crippen LogP contribution in [0.5, 0.6) is 0 Å². The molecule has 0 saturated carbocycles. The number of pyridine rings is 1. The molecule has 6 heteroatoms. The van der Waals surface area contributed by atoms with Crippen molar-refractivity contribution in [2.45, 2.75) is 12.7 Å². The number of ketones is 1. The van der Waals surface area contributed by atoms with Gasteiger partial charge in [-0.2, -0.15) is 13.2 Å². The first kappa shape index (κ1) is 23.3. The maximum Gasteiger partial charge on any atom is 0.418 e. The molecular formula is C30H20F3N2O. The van der Waals surface area contributed by atoms with Crippen molar-refractivity contribution in [2.24, 2.45) is 0 Å². The Hall–Kier alpha value is -4.45. The minimum absolute atomic E-state index is 0.192. The van der Waals surface area contributed by atoms with Gasteiger partial charge in [-0.15, -0.1) is 0 Å². The minimum atomic E-state index is -4.58. The first-order valence-corrected chi connectivity index (χ1v) is 11.3. The van der Waals surface area contributed by atoms with E-state index < -0.39 is 11.7 Å². The lowest BCUT2D eigenvalue weighted by atomic mass is 9.91. The standard InChI is InChI=1S/C30H20F3N2O/c31-30(32,33)26-16-8-15-24-27(25(19-35-28(24)26)29(36)21-11-5-2-6-12-21)22-13-7-14-23(17-22)34-18-20-9-3-1-4-10-20/h1-3,5-17,19,34H,18H2. The number of halogens is 3. The van der Waals surface area contributed by atoms with Crippen LogP contribution in [0.1, 0.15) is 27.0 Å². The highest BCUT2D eigenvalue weighted by molar-refractivity contribution is 6.16. The van der Waals surface area contributed by atoms with Gasteiger partial charge in [0.2, 0.25) is 0 Å². The van der Waals surface area contributed by atoms with Gasteiger partial charge in [-0.05, 0) is 41.5 Å². The molecule has 177 valence electrons. The molecule has 0 atom stereocenters. The SMILES string of the molecule is O=C(c1ccccc1)c1cnc2c(C(F)(F)F)cccc2c1-c1cccc(NCc2c[c]ccc2)c1. The van der Waals surface area contributed by atoms with E-state index >= 15 is 0 Å². The molecule has 4 aromatic carbocycles. The fraction of sp³-hybridized carbons (Fsp3) is 0.0667. The number of carbonyl (C=O) groups is 1. The summed E-state index contributed by atoms with van der Waals surface area (Å²) in [5, 5.41) is 3.60. The second-order valence-corrected chi connectivity index (χ2v) is 8.29. The van der Waals surface area contributed by atoms with E-state index in [4.69, 9.17) is 0 Å². The van der Waals surface area contributed by atoms with Gasteiger partial charge in [0.25, 0.3) is 0 Å². The molecule has 0 amide bonds. The maximum absolute atomic E-state index is 13.8. The van der Waals surface area contributed by atoms with Gasteiger partial charge in [-0.25, -0.2) is 0 Å². The molecule has 1 aromatic heterocycles. The largest absolute Gasteiger partial charge is 0.418 e. The van der Waals surface area contributed by atoms with Gasteiger partial charge in [-0.1, -0.05) is 72.8 Å². The first-order chi connectivity index (χ1) is 17.4. The molecule has 0 bridgehead atoms. The van der Waals surface area contributed by atoms with Crippen LogP contribution in [0.3, 0.4) is 0 Å². The van der Waals surface area contributed by atoms with Crippen molar-refractivity contribution in [3.05, 3.63) is 132 Å².